The smallest absolute Gasteiger partial charge is 0.171 e. The molecule has 0 atom stereocenters. The highest BCUT2D eigenvalue weighted by Crippen LogP contribution is 2.28. The van der Waals surface area contributed by atoms with Crippen molar-refractivity contribution in [1.29, 1.82) is 0 Å². The molecule has 0 amide bonds. The summed E-state index contributed by atoms with van der Waals surface area (Å²) in [4.78, 5) is 9.05. The average molecular weight is 325 g/mol. The third-order valence-electron chi connectivity index (χ3n) is 2.08. The molecule has 0 unspecified atom stereocenters. The third-order valence-corrected chi connectivity index (χ3v) is 3.55. The first-order chi connectivity index (χ1) is 8.70. The zero-order chi connectivity index (χ0) is 13.0. The standard InChI is InChI=1S/C11H9BrN4OS/c12-7-1-2-10(15-5-7)18-9-6-14-4-3-8(9)11(13)16-17/h1-6,17H,(H2,13,16). The van der Waals surface area contributed by atoms with Crippen LogP contribution < -0.4 is 5.73 Å². The number of rotatable bonds is 3. The van der Waals surface area contributed by atoms with Crippen molar-refractivity contribution < 1.29 is 5.21 Å². The van der Waals surface area contributed by atoms with E-state index in [4.69, 9.17) is 10.9 Å². The molecular formula is C11H9BrN4OS. The Labute approximate surface area is 116 Å². The van der Waals surface area contributed by atoms with Gasteiger partial charge in [0, 0.05) is 33.5 Å². The van der Waals surface area contributed by atoms with Gasteiger partial charge in [-0.15, -0.1) is 0 Å². The highest BCUT2D eigenvalue weighted by Gasteiger charge is 2.09. The van der Waals surface area contributed by atoms with Crippen LogP contribution >= 0.6 is 27.7 Å². The van der Waals surface area contributed by atoms with Crippen LogP contribution in [0.5, 0.6) is 0 Å². The number of halogens is 1. The van der Waals surface area contributed by atoms with Crippen LogP contribution in [-0.2, 0) is 0 Å². The summed E-state index contributed by atoms with van der Waals surface area (Å²) in [6, 6.07) is 5.46. The summed E-state index contributed by atoms with van der Waals surface area (Å²) < 4.78 is 0.912. The molecule has 0 aliphatic heterocycles. The predicted octanol–water partition coefficient (Wildman–Crippen LogP) is 2.48. The predicted molar refractivity (Wildman–Crippen MR) is 72.8 cm³/mol. The lowest BCUT2D eigenvalue weighted by atomic mass is 10.2. The van der Waals surface area contributed by atoms with Gasteiger partial charge in [0.2, 0.25) is 0 Å². The minimum absolute atomic E-state index is 0.0528. The van der Waals surface area contributed by atoms with Crippen LogP contribution in [0.25, 0.3) is 0 Å². The number of nitrogens with two attached hydrogens (primary N) is 1. The Morgan fingerprint density at radius 2 is 2.17 bits per heavy atom. The summed E-state index contributed by atoms with van der Waals surface area (Å²) in [5.41, 5.74) is 6.23. The SMILES string of the molecule is NC(=NO)c1ccncc1Sc1ccc(Br)cn1. The first-order valence-electron chi connectivity index (χ1n) is 4.92. The summed E-state index contributed by atoms with van der Waals surface area (Å²) >= 11 is 4.72. The van der Waals surface area contributed by atoms with Crippen molar-refractivity contribution in [2.75, 3.05) is 0 Å². The molecule has 18 heavy (non-hydrogen) atoms. The van der Waals surface area contributed by atoms with Crippen molar-refractivity contribution in [1.82, 2.24) is 9.97 Å². The van der Waals surface area contributed by atoms with Gasteiger partial charge in [-0.05, 0) is 34.1 Å². The van der Waals surface area contributed by atoms with E-state index < -0.39 is 0 Å². The van der Waals surface area contributed by atoms with Crippen molar-refractivity contribution in [2.45, 2.75) is 9.92 Å². The number of aromatic nitrogens is 2. The number of oxime groups is 1. The third kappa shape index (κ3) is 2.99. The number of hydrogen-bond acceptors (Lipinski definition) is 5. The van der Waals surface area contributed by atoms with Gasteiger partial charge in [0.1, 0.15) is 5.03 Å². The van der Waals surface area contributed by atoms with Gasteiger partial charge in [0.25, 0.3) is 0 Å². The van der Waals surface area contributed by atoms with Crippen molar-refractivity contribution in [3.8, 4) is 0 Å². The van der Waals surface area contributed by atoms with E-state index in [-0.39, 0.29) is 5.84 Å². The number of amidine groups is 1. The Hall–Kier alpha value is -1.60. The van der Waals surface area contributed by atoms with Crippen LogP contribution in [-0.4, -0.2) is 21.0 Å². The second kappa shape index (κ2) is 5.83. The van der Waals surface area contributed by atoms with Crippen molar-refractivity contribution in [3.05, 3.63) is 46.8 Å². The number of pyridine rings is 2. The highest BCUT2D eigenvalue weighted by molar-refractivity contribution is 9.10. The average Bonchev–Trinajstić information content (AvgIpc) is 2.41. The molecule has 0 radical (unpaired) electrons. The largest absolute Gasteiger partial charge is 0.409 e. The molecule has 3 N–H and O–H groups in total. The van der Waals surface area contributed by atoms with Gasteiger partial charge in [-0.25, -0.2) is 4.98 Å². The molecule has 5 nitrogen and oxygen atoms in total. The highest BCUT2D eigenvalue weighted by atomic mass is 79.9. The van der Waals surface area contributed by atoms with Crippen molar-refractivity contribution in [2.24, 2.45) is 10.9 Å². The molecule has 7 heteroatoms. The van der Waals surface area contributed by atoms with Gasteiger partial charge < -0.3 is 10.9 Å². The van der Waals surface area contributed by atoms with Crippen LogP contribution in [0, 0.1) is 0 Å². The molecule has 0 saturated carbocycles. The maximum absolute atomic E-state index is 8.73. The Morgan fingerprint density at radius 3 is 2.83 bits per heavy atom. The topological polar surface area (TPSA) is 84.4 Å². The molecule has 0 aliphatic carbocycles. The molecule has 2 heterocycles. The lowest BCUT2D eigenvalue weighted by molar-refractivity contribution is 0.318. The molecule has 0 aromatic carbocycles. The van der Waals surface area contributed by atoms with Crippen LogP contribution in [0.15, 0.2) is 56.3 Å². The maximum Gasteiger partial charge on any atom is 0.171 e. The monoisotopic (exact) mass is 324 g/mol. The number of nitrogens with zero attached hydrogens (tertiary/aromatic N) is 3. The summed E-state index contributed by atoms with van der Waals surface area (Å²) in [5.74, 6) is 0.0528. The molecular weight excluding hydrogens is 316 g/mol. The summed E-state index contributed by atoms with van der Waals surface area (Å²) in [6.07, 6.45) is 4.95. The van der Waals surface area contributed by atoms with E-state index in [2.05, 4.69) is 31.1 Å². The molecule has 92 valence electrons. The fourth-order valence-electron chi connectivity index (χ4n) is 1.26. The molecule has 2 rings (SSSR count). The molecule has 0 spiro atoms. The van der Waals surface area contributed by atoms with E-state index in [9.17, 15) is 0 Å². The van der Waals surface area contributed by atoms with Crippen molar-refractivity contribution >= 4 is 33.5 Å². The van der Waals surface area contributed by atoms with Gasteiger partial charge in [-0.3, -0.25) is 4.98 Å². The Balaban J connectivity index is 2.32. The van der Waals surface area contributed by atoms with Crippen LogP contribution in [0.3, 0.4) is 0 Å². The molecule has 0 fully saturated rings. The van der Waals surface area contributed by atoms with E-state index in [1.54, 1.807) is 24.7 Å². The van der Waals surface area contributed by atoms with Gasteiger partial charge in [0.15, 0.2) is 5.84 Å². The minimum Gasteiger partial charge on any atom is -0.409 e. The maximum atomic E-state index is 8.73. The lowest BCUT2D eigenvalue weighted by Gasteiger charge is -2.06. The molecule has 0 aliphatic rings. The number of hydrogen-bond donors (Lipinski definition) is 2. The molecule has 2 aromatic heterocycles. The second-order valence-electron chi connectivity index (χ2n) is 3.27. The van der Waals surface area contributed by atoms with E-state index in [0.29, 0.717) is 5.56 Å². The summed E-state index contributed by atoms with van der Waals surface area (Å²) in [5, 5.41) is 12.5. The minimum atomic E-state index is 0.0528. The van der Waals surface area contributed by atoms with Gasteiger partial charge in [-0.2, -0.15) is 0 Å². The fourth-order valence-corrected chi connectivity index (χ4v) is 2.36. The first kappa shape index (κ1) is 12.8. The van der Waals surface area contributed by atoms with Crippen LogP contribution in [0.1, 0.15) is 5.56 Å². The quantitative estimate of drug-likeness (QED) is 0.392. The van der Waals surface area contributed by atoms with Gasteiger partial charge in [-0.1, -0.05) is 16.9 Å². The van der Waals surface area contributed by atoms with E-state index >= 15 is 0 Å². The molecule has 2 aromatic rings. The fraction of sp³-hybridized carbons (Fsp3) is 0. The Morgan fingerprint density at radius 1 is 1.33 bits per heavy atom. The zero-order valence-electron chi connectivity index (χ0n) is 9.12. The van der Waals surface area contributed by atoms with Gasteiger partial charge >= 0.3 is 0 Å². The zero-order valence-corrected chi connectivity index (χ0v) is 11.5. The van der Waals surface area contributed by atoms with E-state index in [0.717, 1.165) is 14.4 Å². The Bertz CT molecular complexity index is 574. The van der Waals surface area contributed by atoms with E-state index in [1.165, 1.54) is 11.8 Å². The van der Waals surface area contributed by atoms with Crippen molar-refractivity contribution in [3.63, 3.8) is 0 Å². The summed E-state index contributed by atoms with van der Waals surface area (Å²) in [6.45, 7) is 0. The van der Waals surface area contributed by atoms with Crippen LogP contribution in [0.4, 0.5) is 0 Å². The summed E-state index contributed by atoms with van der Waals surface area (Å²) in [7, 11) is 0. The molecule has 0 bridgehead atoms. The van der Waals surface area contributed by atoms with Gasteiger partial charge in [0.05, 0.1) is 0 Å². The van der Waals surface area contributed by atoms with E-state index in [1.807, 2.05) is 12.1 Å². The molecule has 0 saturated heterocycles. The second-order valence-corrected chi connectivity index (χ2v) is 5.25. The Kier molecular flexibility index (Phi) is 4.16. The lowest BCUT2D eigenvalue weighted by Crippen LogP contribution is -2.14. The van der Waals surface area contributed by atoms with Crippen LogP contribution in [0.2, 0.25) is 0 Å². The first-order valence-corrected chi connectivity index (χ1v) is 6.53. The normalized spacial score (nSPS) is 11.5.